The molecule has 6 nitrogen and oxygen atoms in total. The molecule has 1 aliphatic heterocycles. The molecule has 0 aromatic heterocycles. The maximum absolute atomic E-state index is 12.5. The standard InChI is InChI=1S/C35H68N2O4/c1-6-8-10-12-14-16-19-33(38)28-36(29-34(39)20-17-15-13-11-9-7-2)24-18-21-35(40)41-26-25-37-27-31(4)30(3)22-23-32(37)5/h31-34,38-39H,3,6-29H2,1-2,4-5H3. The molecule has 0 bridgehead atoms. The minimum absolute atomic E-state index is 0.148. The van der Waals surface area contributed by atoms with Gasteiger partial charge in [-0.15, -0.1) is 0 Å². The zero-order valence-electron chi connectivity index (χ0n) is 27.6. The van der Waals surface area contributed by atoms with E-state index in [0.717, 1.165) is 51.6 Å². The van der Waals surface area contributed by atoms with Crippen molar-refractivity contribution < 1.29 is 19.7 Å². The van der Waals surface area contributed by atoms with Crippen LogP contribution in [0.3, 0.4) is 0 Å². The summed E-state index contributed by atoms with van der Waals surface area (Å²) in [7, 11) is 0. The van der Waals surface area contributed by atoms with Gasteiger partial charge < -0.3 is 14.9 Å². The fraction of sp³-hybridized carbons (Fsp3) is 0.914. The van der Waals surface area contributed by atoms with Crippen molar-refractivity contribution in [1.82, 2.24) is 9.80 Å². The maximum atomic E-state index is 12.5. The van der Waals surface area contributed by atoms with Crippen LogP contribution in [0, 0.1) is 5.92 Å². The molecule has 4 unspecified atom stereocenters. The molecule has 242 valence electrons. The van der Waals surface area contributed by atoms with Crippen molar-refractivity contribution >= 4 is 5.97 Å². The highest BCUT2D eigenvalue weighted by molar-refractivity contribution is 5.69. The van der Waals surface area contributed by atoms with Gasteiger partial charge in [0.15, 0.2) is 0 Å². The molecule has 6 heteroatoms. The number of nitrogens with zero attached hydrogens (tertiary/aromatic N) is 2. The van der Waals surface area contributed by atoms with Gasteiger partial charge in [0.25, 0.3) is 0 Å². The quantitative estimate of drug-likeness (QED) is 0.0661. The molecule has 0 radical (unpaired) electrons. The molecular formula is C35H68N2O4. The first-order valence-corrected chi connectivity index (χ1v) is 17.4. The van der Waals surface area contributed by atoms with Crippen LogP contribution < -0.4 is 0 Å². The van der Waals surface area contributed by atoms with Gasteiger partial charge in [0.05, 0.1) is 12.2 Å². The highest BCUT2D eigenvalue weighted by Gasteiger charge is 2.23. The van der Waals surface area contributed by atoms with Gasteiger partial charge in [0.2, 0.25) is 0 Å². The van der Waals surface area contributed by atoms with Crippen molar-refractivity contribution in [2.24, 2.45) is 5.92 Å². The molecule has 2 N–H and O–H groups in total. The van der Waals surface area contributed by atoms with Crippen LogP contribution in [-0.2, 0) is 9.53 Å². The van der Waals surface area contributed by atoms with Gasteiger partial charge in [-0.05, 0) is 51.5 Å². The second kappa shape index (κ2) is 24.5. The van der Waals surface area contributed by atoms with Crippen LogP contribution in [0.4, 0.5) is 0 Å². The molecule has 0 spiro atoms. The first-order valence-electron chi connectivity index (χ1n) is 17.4. The van der Waals surface area contributed by atoms with E-state index in [0.29, 0.717) is 51.0 Å². The Morgan fingerprint density at radius 2 is 1.44 bits per heavy atom. The molecule has 0 amide bonds. The van der Waals surface area contributed by atoms with Crippen molar-refractivity contribution in [3.05, 3.63) is 12.2 Å². The van der Waals surface area contributed by atoms with E-state index >= 15 is 0 Å². The molecule has 0 aromatic rings. The number of rotatable bonds is 25. The van der Waals surface area contributed by atoms with Crippen molar-refractivity contribution in [1.29, 1.82) is 0 Å². The van der Waals surface area contributed by atoms with E-state index in [4.69, 9.17) is 4.74 Å². The van der Waals surface area contributed by atoms with Crippen LogP contribution >= 0.6 is 0 Å². The van der Waals surface area contributed by atoms with Crippen molar-refractivity contribution in [3.8, 4) is 0 Å². The summed E-state index contributed by atoms with van der Waals surface area (Å²) < 4.78 is 5.61. The summed E-state index contributed by atoms with van der Waals surface area (Å²) in [6, 6.07) is 0.481. The Morgan fingerprint density at radius 1 is 0.902 bits per heavy atom. The summed E-state index contributed by atoms with van der Waals surface area (Å²) in [6.07, 6.45) is 18.7. The lowest BCUT2D eigenvalue weighted by molar-refractivity contribution is -0.144. The number of aliphatic hydroxyl groups is 2. The summed E-state index contributed by atoms with van der Waals surface area (Å²) in [5.41, 5.74) is 1.33. The largest absolute Gasteiger partial charge is 0.464 e. The van der Waals surface area contributed by atoms with Gasteiger partial charge in [0, 0.05) is 38.6 Å². The molecule has 0 aromatic carbocycles. The summed E-state index contributed by atoms with van der Waals surface area (Å²) in [5.74, 6) is 0.333. The summed E-state index contributed by atoms with van der Waals surface area (Å²) in [6.45, 7) is 17.2. The minimum Gasteiger partial charge on any atom is -0.464 e. The van der Waals surface area contributed by atoms with Crippen molar-refractivity contribution in [3.63, 3.8) is 0 Å². The number of esters is 1. The highest BCUT2D eigenvalue weighted by atomic mass is 16.5. The monoisotopic (exact) mass is 581 g/mol. The van der Waals surface area contributed by atoms with Crippen LogP contribution in [0.25, 0.3) is 0 Å². The molecule has 1 fully saturated rings. The second-order valence-corrected chi connectivity index (χ2v) is 12.9. The third-order valence-electron chi connectivity index (χ3n) is 8.93. The number of carbonyl (C=O) groups excluding carboxylic acids is 1. The molecule has 41 heavy (non-hydrogen) atoms. The molecule has 1 heterocycles. The Balaban J connectivity index is 2.42. The van der Waals surface area contributed by atoms with E-state index in [2.05, 4.69) is 44.1 Å². The Kier molecular flexibility index (Phi) is 22.7. The summed E-state index contributed by atoms with van der Waals surface area (Å²) >= 11 is 0. The summed E-state index contributed by atoms with van der Waals surface area (Å²) in [5, 5.41) is 21.5. The van der Waals surface area contributed by atoms with E-state index < -0.39 is 0 Å². The van der Waals surface area contributed by atoms with Crippen molar-refractivity contribution in [2.45, 2.75) is 162 Å². The topological polar surface area (TPSA) is 73.2 Å². The third-order valence-corrected chi connectivity index (χ3v) is 8.93. The van der Waals surface area contributed by atoms with E-state index in [1.54, 1.807) is 0 Å². The van der Waals surface area contributed by atoms with E-state index in [9.17, 15) is 15.0 Å². The van der Waals surface area contributed by atoms with Crippen LogP contribution in [-0.4, -0.2) is 83.6 Å². The number of aliphatic hydroxyl groups excluding tert-OH is 2. The third kappa shape index (κ3) is 19.8. The molecular weight excluding hydrogens is 512 g/mol. The molecule has 1 saturated heterocycles. The number of unbranched alkanes of at least 4 members (excludes halogenated alkanes) is 10. The Hall–Kier alpha value is -0.950. The second-order valence-electron chi connectivity index (χ2n) is 12.9. The van der Waals surface area contributed by atoms with Crippen molar-refractivity contribution in [2.75, 3.05) is 39.3 Å². The average Bonchev–Trinajstić information content (AvgIpc) is 3.05. The SMILES string of the molecule is C=C1CCC(C)N(CCOC(=O)CCCN(CC(O)CCCCCCCC)CC(O)CCCCCCCC)CC1C. The first kappa shape index (κ1) is 38.1. The predicted octanol–water partition coefficient (Wildman–Crippen LogP) is 7.51. The van der Waals surface area contributed by atoms with Crippen LogP contribution in [0.1, 0.15) is 143 Å². The fourth-order valence-corrected chi connectivity index (χ4v) is 5.95. The van der Waals surface area contributed by atoms with Gasteiger partial charge in [-0.25, -0.2) is 0 Å². The molecule has 0 aliphatic carbocycles. The molecule has 1 aliphatic rings. The van der Waals surface area contributed by atoms with Crippen LogP contribution in [0.2, 0.25) is 0 Å². The highest BCUT2D eigenvalue weighted by Crippen LogP contribution is 2.24. The van der Waals surface area contributed by atoms with E-state index in [1.807, 2.05) is 0 Å². The summed E-state index contributed by atoms with van der Waals surface area (Å²) in [4.78, 5) is 17.1. The lowest BCUT2D eigenvalue weighted by Gasteiger charge is -2.28. The van der Waals surface area contributed by atoms with Gasteiger partial charge >= 0.3 is 5.97 Å². The maximum Gasteiger partial charge on any atom is 0.305 e. The lowest BCUT2D eigenvalue weighted by Crippen LogP contribution is -2.39. The normalized spacial score (nSPS) is 19.8. The number of likely N-dealkylation sites (tertiary alicyclic amines) is 1. The minimum atomic E-state index is -0.386. The molecule has 0 saturated carbocycles. The first-order chi connectivity index (χ1) is 19.8. The Bertz CT molecular complexity index is 634. The zero-order chi connectivity index (χ0) is 30.3. The molecule has 1 rings (SSSR count). The number of ether oxygens (including phenoxy) is 1. The van der Waals surface area contributed by atoms with Gasteiger partial charge in [-0.3, -0.25) is 14.6 Å². The number of carbonyl (C=O) groups is 1. The average molecular weight is 581 g/mol. The van der Waals surface area contributed by atoms with Gasteiger partial charge in [-0.1, -0.05) is 110 Å². The Morgan fingerprint density at radius 3 is 2.00 bits per heavy atom. The fourth-order valence-electron chi connectivity index (χ4n) is 5.95. The van der Waals surface area contributed by atoms with Crippen LogP contribution in [0.15, 0.2) is 12.2 Å². The van der Waals surface area contributed by atoms with Gasteiger partial charge in [-0.2, -0.15) is 0 Å². The number of hydrogen-bond acceptors (Lipinski definition) is 6. The number of hydrogen-bond donors (Lipinski definition) is 2. The van der Waals surface area contributed by atoms with E-state index in [-0.39, 0.29) is 18.2 Å². The lowest BCUT2D eigenvalue weighted by atomic mass is 10.00. The van der Waals surface area contributed by atoms with Crippen LogP contribution in [0.5, 0.6) is 0 Å². The smallest absolute Gasteiger partial charge is 0.305 e. The van der Waals surface area contributed by atoms with E-state index in [1.165, 1.54) is 69.8 Å². The van der Waals surface area contributed by atoms with Gasteiger partial charge in [0.1, 0.15) is 6.61 Å². The zero-order valence-corrected chi connectivity index (χ0v) is 27.6. The predicted molar refractivity (Wildman–Crippen MR) is 173 cm³/mol. The molecule has 4 atom stereocenters. The Labute approximate surface area is 254 Å².